The van der Waals surface area contributed by atoms with Crippen LogP contribution >= 0.6 is 0 Å². The average molecular weight is 349 g/mol. The molecule has 0 heterocycles. The van der Waals surface area contributed by atoms with Crippen LogP contribution in [0.25, 0.3) is 0 Å². The van der Waals surface area contributed by atoms with Gasteiger partial charge in [-0.25, -0.2) is 11.1 Å². The normalized spacial score (nSPS) is 11.5. The Morgan fingerprint density at radius 1 is 0.909 bits per heavy atom. The van der Waals surface area contributed by atoms with Crippen molar-refractivity contribution in [2.45, 2.75) is 64.6 Å². The second kappa shape index (κ2) is 21.0. The van der Waals surface area contributed by atoms with E-state index in [4.69, 9.17) is 13.2 Å². The minimum absolute atomic E-state index is 0. The summed E-state index contributed by atoms with van der Waals surface area (Å²) in [5.41, 5.74) is 1.24. The summed E-state index contributed by atoms with van der Waals surface area (Å²) in [6.07, 6.45) is 7.16. The molecule has 0 saturated carbocycles. The van der Waals surface area contributed by atoms with Gasteiger partial charge in [0.15, 0.2) is 0 Å². The van der Waals surface area contributed by atoms with Gasteiger partial charge in [-0.2, -0.15) is 0 Å². The molecule has 0 aromatic carbocycles. The van der Waals surface area contributed by atoms with Crippen LogP contribution in [0.3, 0.4) is 0 Å². The van der Waals surface area contributed by atoms with Crippen molar-refractivity contribution < 1.29 is 46.1 Å². The Labute approximate surface area is 160 Å². The number of hydrogen-bond donors (Lipinski definition) is 2. The zero-order chi connectivity index (χ0) is 16.0. The minimum atomic E-state index is -0.442. The zero-order valence-corrected chi connectivity index (χ0v) is 15.3. The molecule has 2 unspecified atom stereocenters. The van der Waals surface area contributed by atoms with Crippen molar-refractivity contribution in [3.8, 4) is 0 Å². The van der Waals surface area contributed by atoms with E-state index in [9.17, 15) is 10.2 Å². The fraction of sp³-hybridized carbons (Fsp3) is 0.556. The number of allylic oxidation sites excluding steroid dienone is 2. The predicted octanol–water partition coefficient (Wildman–Crippen LogP) is 1.17. The monoisotopic (exact) mass is 348 g/mol. The van der Waals surface area contributed by atoms with Crippen molar-refractivity contribution in [1.29, 1.82) is 0 Å². The average Bonchev–Trinajstić information content (AvgIpc) is 2.40. The predicted molar refractivity (Wildman–Crippen MR) is 87.1 cm³/mol. The molecule has 2 nitrogen and oxygen atoms in total. The van der Waals surface area contributed by atoms with E-state index in [0.717, 1.165) is 25.7 Å². The van der Waals surface area contributed by atoms with Crippen LogP contribution in [0, 0.1) is 13.2 Å². The third-order valence-electron chi connectivity index (χ3n) is 2.74. The van der Waals surface area contributed by atoms with Crippen molar-refractivity contribution in [2.24, 2.45) is 0 Å². The first-order valence-electron chi connectivity index (χ1n) is 7.24. The Bertz CT molecular complexity index is 273. The third kappa shape index (κ3) is 18.0. The first-order chi connectivity index (χ1) is 9.44. The third-order valence-corrected chi connectivity index (χ3v) is 2.74. The maximum atomic E-state index is 9.24. The first kappa shape index (κ1) is 29.9. The van der Waals surface area contributed by atoms with Gasteiger partial charge in [-0.05, 0) is 25.7 Å². The van der Waals surface area contributed by atoms with E-state index in [2.05, 4.69) is 13.2 Å². The van der Waals surface area contributed by atoms with Crippen LogP contribution in [0.5, 0.6) is 0 Å². The van der Waals surface area contributed by atoms with Gasteiger partial charge in [-0.15, -0.1) is 13.2 Å². The molecule has 0 radical (unpaired) electrons. The van der Waals surface area contributed by atoms with E-state index in [1.54, 1.807) is 12.2 Å². The molecule has 0 saturated heterocycles. The quantitative estimate of drug-likeness (QED) is 0.353. The van der Waals surface area contributed by atoms with Crippen molar-refractivity contribution in [1.82, 2.24) is 0 Å². The Kier molecular flexibility index (Phi) is 28.6. The molecule has 2 N–H and O–H groups in total. The molecule has 0 bridgehead atoms. The molecule has 0 aliphatic carbocycles. The Morgan fingerprint density at radius 2 is 1.18 bits per heavy atom. The second-order valence-electron chi connectivity index (χ2n) is 4.74. The van der Waals surface area contributed by atoms with Gasteiger partial charge >= 0.3 is 35.9 Å². The van der Waals surface area contributed by atoms with Crippen LogP contribution in [0.15, 0.2) is 36.5 Å². The number of aliphatic hydroxyl groups is 2. The van der Waals surface area contributed by atoms with Crippen LogP contribution in [0.2, 0.25) is 0 Å². The fourth-order valence-corrected chi connectivity index (χ4v) is 1.52. The topological polar surface area (TPSA) is 40.5 Å². The summed E-state index contributed by atoms with van der Waals surface area (Å²) in [6, 6.07) is 0. The van der Waals surface area contributed by atoms with Crippen LogP contribution in [-0.4, -0.2) is 22.4 Å². The molecule has 0 aromatic rings. The van der Waals surface area contributed by atoms with Crippen LogP contribution in [0.4, 0.5) is 0 Å². The van der Waals surface area contributed by atoms with Gasteiger partial charge in [0.1, 0.15) is 0 Å². The molecular formula is C18H30CuLiO2. The fourth-order valence-electron chi connectivity index (χ4n) is 1.52. The maximum absolute atomic E-state index is 9.24. The molecule has 0 aromatic heterocycles. The molecule has 0 aliphatic heterocycles. The maximum Gasteiger partial charge on any atom is 1.00 e. The summed E-state index contributed by atoms with van der Waals surface area (Å²) in [5, 5.41) is 18.5. The van der Waals surface area contributed by atoms with E-state index < -0.39 is 12.2 Å². The van der Waals surface area contributed by atoms with Gasteiger partial charge < -0.3 is 23.4 Å². The summed E-state index contributed by atoms with van der Waals surface area (Å²) in [5.74, 6) is 0. The van der Waals surface area contributed by atoms with Crippen LogP contribution in [-0.2, 0) is 17.1 Å². The van der Waals surface area contributed by atoms with Gasteiger partial charge in [0, 0.05) is 12.2 Å². The van der Waals surface area contributed by atoms with Gasteiger partial charge in [0.25, 0.3) is 0 Å². The van der Waals surface area contributed by atoms with Crippen LogP contribution < -0.4 is 18.9 Å². The molecule has 0 aliphatic rings. The minimum Gasteiger partial charge on any atom is -0.512 e. The van der Waals surface area contributed by atoms with Crippen molar-refractivity contribution in [3.63, 3.8) is 0 Å². The van der Waals surface area contributed by atoms with Gasteiger partial charge in [-0.1, -0.05) is 38.8 Å². The molecule has 2 atom stereocenters. The van der Waals surface area contributed by atoms with E-state index in [0.29, 0.717) is 24.0 Å². The number of rotatable bonds is 10. The molecular weight excluding hydrogens is 319 g/mol. The summed E-state index contributed by atoms with van der Waals surface area (Å²) in [6.45, 7) is 22.1. The number of aliphatic hydroxyl groups excluding tert-OH is 2. The Hall–Kier alpha value is -0.00312. The molecule has 22 heavy (non-hydrogen) atoms. The summed E-state index contributed by atoms with van der Waals surface area (Å²) in [4.78, 5) is 0. The van der Waals surface area contributed by atoms with E-state index >= 15 is 0 Å². The summed E-state index contributed by atoms with van der Waals surface area (Å²) < 4.78 is 0. The van der Waals surface area contributed by atoms with Gasteiger partial charge in [0.05, 0.1) is 0 Å². The van der Waals surface area contributed by atoms with E-state index in [1.807, 2.05) is 13.8 Å². The van der Waals surface area contributed by atoms with Crippen LogP contribution in [0.1, 0.15) is 52.4 Å². The van der Waals surface area contributed by atoms with Crippen molar-refractivity contribution in [3.05, 3.63) is 49.6 Å². The molecule has 0 spiro atoms. The Morgan fingerprint density at radius 3 is 1.36 bits per heavy atom. The van der Waals surface area contributed by atoms with Gasteiger partial charge in [-0.3, -0.25) is 0 Å². The van der Waals surface area contributed by atoms with Crippen molar-refractivity contribution >= 4 is 0 Å². The smallest absolute Gasteiger partial charge is 0.512 e. The summed E-state index contributed by atoms with van der Waals surface area (Å²) >= 11 is 0. The van der Waals surface area contributed by atoms with E-state index in [1.165, 1.54) is 0 Å². The first-order valence-corrected chi connectivity index (χ1v) is 7.24. The largest absolute Gasteiger partial charge is 1.00 e. The molecule has 0 fully saturated rings. The summed E-state index contributed by atoms with van der Waals surface area (Å²) in [7, 11) is 0. The molecule has 0 rings (SSSR count). The Balaban J connectivity index is -0.000000135. The second-order valence-corrected chi connectivity index (χ2v) is 4.74. The SMILES string of the molecule is [CH-]=C(CC=C)C(O)CCC.[CH-]=C(CC=C)C(O)CCC.[Cu+].[Li+]. The standard InChI is InChI=1S/2C9H15O.Cu.Li/c2*1-4-6-8(3)9(10)7-5-2;;/h2*3-4,9-10H,1,5-7H2,2H3;;/q2*-1;2*+1. The molecule has 126 valence electrons. The zero-order valence-electron chi connectivity index (χ0n) is 14.3. The molecule has 0 amide bonds. The van der Waals surface area contributed by atoms with Crippen molar-refractivity contribution in [2.75, 3.05) is 0 Å². The van der Waals surface area contributed by atoms with E-state index in [-0.39, 0.29) is 35.9 Å². The van der Waals surface area contributed by atoms with Gasteiger partial charge in [0.2, 0.25) is 0 Å². The number of hydrogen-bond acceptors (Lipinski definition) is 2. The molecule has 4 heteroatoms.